The molecule has 0 saturated heterocycles. The molecule has 0 saturated carbocycles. The number of hydrogen-bond donors (Lipinski definition) is 2. The van der Waals surface area contributed by atoms with Gasteiger partial charge in [-0.3, -0.25) is 14.8 Å². The first-order chi connectivity index (χ1) is 10.2. The molecular formula is C12H8BrClN2O5S. The zero-order chi connectivity index (χ0) is 16.5. The van der Waals surface area contributed by atoms with Gasteiger partial charge in [0.2, 0.25) is 0 Å². The molecule has 0 bridgehead atoms. The number of nitro groups is 1. The summed E-state index contributed by atoms with van der Waals surface area (Å²) in [4.78, 5) is 9.52. The van der Waals surface area contributed by atoms with Crippen LogP contribution in [0.25, 0.3) is 0 Å². The van der Waals surface area contributed by atoms with Crippen LogP contribution in [0.1, 0.15) is 0 Å². The standard InChI is InChI=1S/C12H8BrClN2O5S/c13-7-1-3-10(9(14)5-7)15-22(20,21)8-2-4-12(17)11(6-8)16(18)19/h1-6,15,17H. The highest BCUT2D eigenvalue weighted by atomic mass is 79.9. The fourth-order valence-electron chi connectivity index (χ4n) is 1.59. The number of anilines is 1. The van der Waals surface area contributed by atoms with E-state index in [0.717, 1.165) is 18.2 Å². The predicted octanol–water partition coefficient (Wildman–Crippen LogP) is 3.52. The van der Waals surface area contributed by atoms with E-state index in [1.807, 2.05) is 0 Å². The quantitative estimate of drug-likeness (QED) is 0.595. The van der Waals surface area contributed by atoms with Gasteiger partial charge in [0.25, 0.3) is 10.0 Å². The van der Waals surface area contributed by atoms with Crippen molar-refractivity contribution >= 4 is 48.9 Å². The third kappa shape index (κ3) is 3.49. The molecule has 0 aliphatic carbocycles. The molecule has 2 aromatic carbocycles. The van der Waals surface area contributed by atoms with E-state index in [-0.39, 0.29) is 15.6 Å². The lowest BCUT2D eigenvalue weighted by Crippen LogP contribution is -2.13. The zero-order valence-electron chi connectivity index (χ0n) is 10.7. The monoisotopic (exact) mass is 406 g/mol. The first-order valence-corrected chi connectivity index (χ1v) is 8.31. The maximum absolute atomic E-state index is 12.2. The molecule has 0 unspecified atom stereocenters. The summed E-state index contributed by atoms with van der Waals surface area (Å²) in [6.07, 6.45) is 0. The van der Waals surface area contributed by atoms with Crippen molar-refractivity contribution < 1.29 is 18.4 Å². The van der Waals surface area contributed by atoms with Crippen molar-refractivity contribution in [1.29, 1.82) is 0 Å². The Balaban J connectivity index is 2.42. The number of sulfonamides is 1. The van der Waals surface area contributed by atoms with Gasteiger partial charge < -0.3 is 5.11 Å². The van der Waals surface area contributed by atoms with Crippen LogP contribution in [0.3, 0.4) is 0 Å². The molecule has 0 aliphatic rings. The van der Waals surface area contributed by atoms with Crippen LogP contribution in [0.15, 0.2) is 45.8 Å². The van der Waals surface area contributed by atoms with Gasteiger partial charge in [-0.2, -0.15) is 0 Å². The summed E-state index contributed by atoms with van der Waals surface area (Å²) in [7, 11) is -4.09. The van der Waals surface area contributed by atoms with Gasteiger partial charge in [0.05, 0.1) is 20.5 Å². The molecule has 0 atom stereocenters. The number of nitro benzene ring substituents is 1. The predicted molar refractivity (Wildman–Crippen MR) is 84.7 cm³/mol. The molecule has 116 valence electrons. The Hall–Kier alpha value is -1.84. The maximum atomic E-state index is 12.2. The molecule has 0 aliphatic heterocycles. The SMILES string of the molecule is O=[N+]([O-])c1cc(S(=O)(=O)Nc2ccc(Br)cc2Cl)ccc1O. The minimum atomic E-state index is -4.09. The average Bonchev–Trinajstić information content (AvgIpc) is 2.42. The molecule has 0 amide bonds. The zero-order valence-corrected chi connectivity index (χ0v) is 13.8. The molecule has 2 aromatic rings. The second-order valence-corrected chi connectivity index (χ2v) is 7.14. The number of nitrogens with one attached hydrogen (secondary N) is 1. The number of phenols is 1. The van der Waals surface area contributed by atoms with Crippen LogP contribution < -0.4 is 4.72 Å². The Kier molecular flexibility index (Phi) is 4.59. The van der Waals surface area contributed by atoms with Crippen LogP contribution in [0.5, 0.6) is 5.75 Å². The molecule has 2 N–H and O–H groups in total. The lowest BCUT2D eigenvalue weighted by molar-refractivity contribution is -0.386. The Morgan fingerprint density at radius 2 is 1.91 bits per heavy atom. The Labute approximate surface area is 138 Å². The Bertz CT molecular complexity index is 857. The highest BCUT2D eigenvalue weighted by molar-refractivity contribution is 9.10. The lowest BCUT2D eigenvalue weighted by Gasteiger charge is -2.10. The van der Waals surface area contributed by atoms with Crippen LogP contribution in [-0.4, -0.2) is 18.4 Å². The maximum Gasteiger partial charge on any atom is 0.312 e. The van der Waals surface area contributed by atoms with Crippen LogP contribution in [0.4, 0.5) is 11.4 Å². The number of benzene rings is 2. The van der Waals surface area contributed by atoms with E-state index in [1.165, 1.54) is 12.1 Å². The van der Waals surface area contributed by atoms with E-state index in [9.17, 15) is 23.6 Å². The number of hydrogen-bond acceptors (Lipinski definition) is 5. The first-order valence-electron chi connectivity index (χ1n) is 5.66. The van der Waals surface area contributed by atoms with Crippen molar-refractivity contribution in [2.45, 2.75) is 4.90 Å². The van der Waals surface area contributed by atoms with Gasteiger partial charge in [-0.1, -0.05) is 27.5 Å². The second-order valence-electron chi connectivity index (χ2n) is 4.14. The normalized spacial score (nSPS) is 11.2. The molecule has 10 heteroatoms. The second kappa shape index (κ2) is 6.11. The molecule has 2 rings (SSSR count). The van der Waals surface area contributed by atoms with E-state index in [2.05, 4.69) is 20.7 Å². The molecule has 0 radical (unpaired) electrons. The summed E-state index contributed by atoms with van der Waals surface area (Å²) in [6.45, 7) is 0. The van der Waals surface area contributed by atoms with E-state index >= 15 is 0 Å². The smallest absolute Gasteiger partial charge is 0.312 e. The minimum Gasteiger partial charge on any atom is -0.502 e. The van der Waals surface area contributed by atoms with E-state index in [1.54, 1.807) is 6.07 Å². The van der Waals surface area contributed by atoms with Gasteiger partial charge in [0, 0.05) is 10.5 Å². The molecule has 22 heavy (non-hydrogen) atoms. The fourth-order valence-corrected chi connectivity index (χ4v) is 3.47. The van der Waals surface area contributed by atoms with Crippen molar-refractivity contribution in [3.05, 3.63) is 56.0 Å². The van der Waals surface area contributed by atoms with E-state index < -0.39 is 26.4 Å². The summed E-state index contributed by atoms with van der Waals surface area (Å²) in [5.74, 6) is -0.620. The number of halogens is 2. The third-order valence-electron chi connectivity index (χ3n) is 2.63. The summed E-state index contributed by atoms with van der Waals surface area (Å²) in [5.41, 5.74) is -0.578. The summed E-state index contributed by atoms with van der Waals surface area (Å²) in [6, 6.07) is 7.29. The van der Waals surface area contributed by atoms with Crippen LogP contribution in [-0.2, 0) is 10.0 Å². The Morgan fingerprint density at radius 3 is 2.50 bits per heavy atom. The van der Waals surface area contributed by atoms with Crippen molar-refractivity contribution in [2.75, 3.05) is 4.72 Å². The molecule has 0 heterocycles. The molecule has 7 nitrogen and oxygen atoms in total. The molecule has 0 spiro atoms. The number of rotatable bonds is 4. The van der Waals surface area contributed by atoms with Gasteiger partial charge in [-0.05, 0) is 30.3 Å². The summed E-state index contributed by atoms with van der Waals surface area (Å²) in [5, 5.41) is 20.3. The van der Waals surface area contributed by atoms with Gasteiger partial charge in [0.15, 0.2) is 5.75 Å². The largest absolute Gasteiger partial charge is 0.502 e. The van der Waals surface area contributed by atoms with Gasteiger partial charge in [0.1, 0.15) is 0 Å². The minimum absolute atomic E-state index is 0.126. The average molecular weight is 408 g/mol. The molecular weight excluding hydrogens is 400 g/mol. The van der Waals surface area contributed by atoms with Crippen LogP contribution in [0, 0.1) is 10.1 Å². The van der Waals surface area contributed by atoms with Crippen molar-refractivity contribution in [3.63, 3.8) is 0 Å². The van der Waals surface area contributed by atoms with Crippen LogP contribution >= 0.6 is 27.5 Å². The van der Waals surface area contributed by atoms with Crippen molar-refractivity contribution in [3.8, 4) is 5.75 Å². The van der Waals surface area contributed by atoms with Gasteiger partial charge in [-0.15, -0.1) is 0 Å². The fraction of sp³-hybridized carbons (Fsp3) is 0. The van der Waals surface area contributed by atoms with Crippen molar-refractivity contribution in [1.82, 2.24) is 0 Å². The molecule has 0 aromatic heterocycles. The van der Waals surface area contributed by atoms with E-state index in [0.29, 0.717) is 4.47 Å². The third-order valence-corrected chi connectivity index (χ3v) is 4.80. The van der Waals surface area contributed by atoms with Crippen LogP contribution in [0.2, 0.25) is 5.02 Å². The lowest BCUT2D eigenvalue weighted by atomic mass is 10.3. The van der Waals surface area contributed by atoms with Crippen molar-refractivity contribution in [2.24, 2.45) is 0 Å². The number of nitrogens with zero attached hydrogens (tertiary/aromatic N) is 1. The topological polar surface area (TPSA) is 110 Å². The Morgan fingerprint density at radius 1 is 1.23 bits per heavy atom. The van der Waals surface area contributed by atoms with Gasteiger partial charge in [-0.25, -0.2) is 8.42 Å². The summed E-state index contributed by atoms with van der Waals surface area (Å²) < 4.78 is 27.4. The first kappa shape index (κ1) is 16.5. The molecule has 0 fully saturated rings. The highest BCUT2D eigenvalue weighted by Crippen LogP contribution is 2.31. The number of phenolic OH excluding ortho intramolecular Hbond substituents is 1. The highest BCUT2D eigenvalue weighted by Gasteiger charge is 2.22. The summed E-state index contributed by atoms with van der Waals surface area (Å²) >= 11 is 9.11. The van der Waals surface area contributed by atoms with Gasteiger partial charge >= 0.3 is 5.69 Å². The van der Waals surface area contributed by atoms with E-state index in [4.69, 9.17) is 11.6 Å². The number of aromatic hydroxyl groups is 1.